The number of ether oxygens (including phenoxy) is 3. The number of hydrogen-bond acceptors (Lipinski definition) is 4. The lowest BCUT2D eigenvalue weighted by Crippen LogP contribution is -1.99. The van der Waals surface area contributed by atoms with Gasteiger partial charge in [-0.25, -0.2) is 0 Å². The van der Waals surface area contributed by atoms with E-state index in [0.717, 1.165) is 45.9 Å². The molecular formula is C12H28O4. The van der Waals surface area contributed by atoms with E-state index in [1.807, 2.05) is 20.8 Å². The van der Waals surface area contributed by atoms with Gasteiger partial charge in [0.1, 0.15) is 0 Å². The van der Waals surface area contributed by atoms with Gasteiger partial charge >= 0.3 is 0 Å². The van der Waals surface area contributed by atoms with E-state index in [2.05, 4.69) is 0 Å². The predicted octanol–water partition coefficient (Wildman–Crippen LogP) is 1.85. The minimum atomic E-state index is 0.236. The maximum Gasteiger partial charge on any atom is 0.0487 e. The molecule has 16 heavy (non-hydrogen) atoms. The number of rotatable bonds is 10. The maximum atomic E-state index is 8.21. The molecule has 0 unspecified atom stereocenters. The average Bonchev–Trinajstić information content (AvgIpc) is 2.31. The highest BCUT2D eigenvalue weighted by Gasteiger charge is 1.84. The van der Waals surface area contributed by atoms with Gasteiger partial charge in [-0.05, 0) is 33.6 Å². The molecule has 0 saturated carbocycles. The summed E-state index contributed by atoms with van der Waals surface area (Å²) in [7, 11) is 0. The van der Waals surface area contributed by atoms with Gasteiger partial charge < -0.3 is 19.3 Å². The van der Waals surface area contributed by atoms with Crippen molar-refractivity contribution in [2.75, 3.05) is 46.2 Å². The fraction of sp³-hybridized carbons (Fsp3) is 1.00. The molecule has 0 aromatic carbocycles. The van der Waals surface area contributed by atoms with Crippen LogP contribution in [0, 0.1) is 0 Å². The fourth-order valence-electron chi connectivity index (χ4n) is 0.863. The monoisotopic (exact) mass is 236 g/mol. The zero-order valence-electron chi connectivity index (χ0n) is 11.0. The van der Waals surface area contributed by atoms with Crippen LogP contribution in [0.5, 0.6) is 0 Å². The maximum absolute atomic E-state index is 8.21. The van der Waals surface area contributed by atoms with Crippen LogP contribution in [0.3, 0.4) is 0 Å². The molecule has 0 amide bonds. The summed E-state index contributed by atoms with van der Waals surface area (Å²) in [5.41, 5.74) is 0. The minimum absolute atomic E-state index is 0.236. The van der Waals surface area contributed by atoms with Gasteiger partial charge in [0.15, 0.2) is 0 Å². The van der Waals surface area contributed by atoms with Crippen molar-refractivity contribution in [2.45, 2.75) is 33.6 Å². The van der Waals surface area contributed by atoms with Crippen LogP contribution in [0.1, 0.15) is 33.6 Å². The molecule has 1 N–H and O–H groups in total. The van der Waals surface area contributed by atoms with Gasteiger partial charge in [-0.15, -0.1) is 0 Å². The zero-order valence-corrected chi connectivity index (χ0v) is 11.0. The van der Waals surface area contributed by atoms with Crippen molar-refractivity contribution in [3.8, 4) is 0 Å². The van der Waals surface area contributed by atoms with Crippen LogP contribution in [0.2, 0.25) is 0 Å². The van der Waals surface area contributed by atoms with Crippen molar-refractivity contribution >= 4 is 0 Å². The molecule has 0 radical (unpaired) electrons. The molecule has 0 heterocycles. The van der Waals surface area contributed by atoms with E-state index in [0.29, 0.717) is 6.61 Å². The lowest BCUT2D eigenvalue weighted by Gasteiger charge is -2.00. The van der Waals surface area contributed by atoms with Crippen molar-refractivity contribution < 1.29 is 19.3 Å². The largest absolute Gasteiger partial charge is 0.396 e. The van der Waals surface area contributed by atoms with Crippen molar-refractivity contribution in [2.24, 2.45) is 0 Å². The van der Waals surface area contributed by atoms with Crippen LogP contribution >= 0.6 is 0 Å². The Morgan fingerprint density at radius 2 is 1.06 bits per heavy atom. The highest BCUT2D eigenvalue weighted by molar-refractivity contribution is 4.31. The summed E-state index contributed by atoms with van der Waals surface area (Å²) in [4.78, 5) is 0. The Labute approximate surface area is 99.9 Å². The van der Waals surface area contributed by atoms with Crippen molar-refractivity contribution in [1.29, 1.82) is 0 Å². The molecule has 0 rings (SSSR count). The third-order valence-corrected chi connectivity index (χ3v) is 1.64. The topological polar surface area (TPSA) is 47.9 Å². The summed E-state index contributed by atoms with van der Waals surface area (Å²) >= 11 is 0. The van der Waals surface area contributed by atoms with E-state index in [1.165, 1.54) is 0 Å². The Bertz CT molecular complexity index is 89.0. The zero-order chi connectivity index (χ0) is 12.5. The van der Waals surface area contributed by atoms with Gasteiger partial charge in [0.25, 0.3) is 0 Å². The molecule has 0 bridgehead atoms. The quantitative estimate of drug-likeness (QED) is 0.588. The number of hydrogen-bond donors (Lipinski definition) is 1. The second kappa shape index (κ2) is 20.3. The second-order valence-corrected chi connectivity index (χ2v) is 3.02. The Morgan fingerprint density at radius 1 is 0.688 bits per heavy atom. The average molecular weight is 236 g/mol. The standard InChI is InChI=1S/C7H16O2.C5H12O2/c1-3-8-6-5-7-9-4-2;1-2-7-5-3-4-6/h3-7H2,1-2H3;6H,2-5H2,1H3. The van der Waals surface area contributed by atoms with Crippen LogP contribution < -0.4 is 0 Å². The van der Waals surface area contributed by atoms with Gasteiger partial charge in [-0.1, -0.05) is 0 Å². The molecule has 0 aliphatic carbocycles. The first-order valence-corrected chi connectivity index (χ1v) is 6.17. The number of aliphatic hydroxyl groups excluding tert-OH is 1. The van der Waals surface area contributed by atoms with Crippen LogP contribution in [-0.2, 0) is 14.2 Å². The number of aliphatic hydroxyl groups is 1. The van der Waals surface area contributed by atoms with E-state index in [-0.39, 0.29) is 6.61 Å². The van der Waals surface area contributed by atoms with Gasteiger partial charge in [-0.2, -0.15) is 0 Å². The molecule has 0 aromatic heterocycles. The summed E-state index contributed by atoms with van der Waals surface area (Å²) in [5.74, 6) is 0. The van der Waals surface area contributed by atoms with Crippen molar-refractivity contribution in [1.82, 2.24) is 0 Å². The summed E-state index contributed by atoms with van der Waals surface area (Å²) < 4.78 is 15.1. The molecule has 0 fully saturated rings. The molecule has 0 atom stereocenters. The first-order chi connectivity index (χ1) is 7.83. The predicted molar refractivity (Wildman–Crippen MR) is 65.8 cm³/mol. The van der Waals surface area contributed by atoms with Crippen molar-refractivity contribution in [3.05, 3.63) is 0 Å². The highest BCUT2D eigenvalue weighted by Crippen LogP contribution is 1.83. The van der Waals surface area contributed by atoms with E-state index < -0.39 is 0 Å². The lowest BCUT2D eigenvalue weighted by molar-refractivity contribution is 0.0939. The first-order valence-electron chi connectivity index (χ1n) is 6.17. The summed E-state index contributed by atoms with van der Waals surface area (Å²) in [6.45, 7) is 10.9. The lowest BCUT2D eigenvalue weighted by atomic mass is 10.5. The molecule has 0 aliphatic heterocycles. The minimum Gasteiger partial charge on any atom is -0.396 e. The van der Waals surface area contributed by atoms with Gasteiger partial charge in [0.2, 0.25) is 0 Å². The molecule has 0 aromatic rings. The van der Waals surface area contributed by atoms with Crippen LogP contribution in [0.25, 0.3) is 0 Å². The molecule has 100 valence electrons. The Balaban J connectivity index is 0. The molecule has 0 saturated heterocycles. The van der Waals surface area contributed by atoms with Crippen LogP contribution in [0.15, 0.2) is 0 Å². The molecule has 0 aliphatic rings. The molecule has 4 heteroatoms. The highest BCUT2D eigenvalue weighted by atomic mass is 16.5. The Morgan fingerprint density at radius 3 is 1.38 bits per heavy atom. The van der Waals surface area contributed by atoms with Crippen LogP contribution in [-0.4, -0.2) is 51.4 Å². The molecular weight excluding hydrogens is 208 g/mol. The smallest absolute Gasteiger partial charge is 0.0487 e. The van der Waals surface area contributed by atoms with Gasteiger partial charge in [-0.3, -0.25) is 0 Å². The van der Waals surface area contributed by atoms with Crippen LogP contribution in [0.4, 0.5) is 0 Å². The third kappa shape index (κ3) is 23.6. The summed E-state index contributed by atoms with van der Waals surface area (Å²) in [6.07, 6.45) is 1.77. The van der Waals surface area contributed by atoms with E-state index in [4.69, 9.17) is 19.3 Å². The second-order valence-electron chi connectivity index (χ2n) is 3.02. The van der Waals surface area contributed by atoms with E-state index >= 15 is 0 Å². The third-order valence-electron chi connectivity index (χ3n) is 1.64. The fourth-order valence-corrected chi connectivity index (χ4v) is 0.863. The Hall–Kier alpha value is -0.160. The summed E-state index contributed by atoms with van der Waals surface area (Å²) in [5, 5.41) is 8.21. The molecule has 0 spiro atoms. The molecule has 4 nitrogen and oxygen atoms in total. The van der Waals surface area contributed by atoms with Crippen molar-refractivity contribution in [3.63, 3.8) is 0 Å². The van der Waals surface area contributed by atoms with E-state index in [9.17, 15) is 0 Å². The van der Waals surface area contributed by atoms with Gasteiger partial charge in [0, 0.05) is 46.2 Å². The van der Waals surface area contributed by atoms with Gasteiger partial charge in [0.05, 0.1) is 0 Å². The normalized spacial score (nSPS) is 9.75. The first kappa shape index (κ1) is 18.2. The Kier molecular flexibility index (Phi) is 23.1. The summed E-state index contributed by atoms with van der Waals surface area (Å²) in [6, 6.07) is 0. The van der Waals surface area contributed by atoms with E-state index in [1.54, 1.807) is 0 Å². The SMILES string of the molecule is CCOCCCO.CCOCCCOCC.